The molecule has 0 atom stereocenters. The van der Waals surface area contributed by atoms with E-state index in [1.54, 1.807) is 29.3 Å². The number of aryl methyl sites for hydroxylation is 1. The third kappa shape index (κ3) is 8.14. The van der Waals surface area contributed by atoms with Crippen LogP contribution in [0.15, 0.2) is 52.3 Å². The number of rotatable bonds is 14. The Morgan fingerprint density at radius 2 is 1.61 bits per heavy atom. The van der Waals surface area contributed by atoms with Gasteiger partial charge in [0.2, 0.25) is 0 Å². The summed E-state index contributed by atoms with van der Waals surface area (Å²) in [6.45, 7) is 4.62. The third-order valence-electron chi connectivity index (χ3n) is 8.43. The Labute approximate surface area is 278 Å². The van der Waals surface area contributed by atoms with E-state index in [4.69, 9.17) is 22.3 Å². The molecule has 0 spiro atoms. The molecule has 244 valence electrons. The summed E-state index contributed by atoms with van der Waals surface area (Å²) in [5.74, 6) is -0.687. The second-order valence-corrected chi connectivity index (χ2v) is 13.5. The summed E-state index contributed by atoms with van der Waals surface area (Å²) >= 11 is 6.80. The number of halogens is 1. The maximum absolute atomic E-state index is 14.5. The Morgan fingerprint density at radius 1 is 0.957 bits per heavy atom. The first kappa shape index (κ1) is 33.6. The fourth-order valence-corrected chi connectivity index (χ4v) is 7.20. The smallest absolute Gasteiger partial charge is 0.303 e. The zero-order chi connectivity index (χ0) is 32.6. The summed E-state index contributed by atoms with van der Waals surface area (Å²) in [6, 6.07) is 10.5. The number of carbonyl (C=O) groups is 2. The van der Waals surface area contributed by atoms with E-state index >= 15 is 0 Å². The molecule has 2 aromatic heterocycles. The molecule has 0 bridgehead atoms. The highest BCUT2D eigenvalue weighted by Gasteiger charge is 2.33. The van der Waals surface area contributed by atoms with Gasteiger partial charge in [0.05, 0.1) is 16.2 Å². The first-order chi connectivity index (χ1) is 22.2. The van der Waals surface area contributed by atoms with Crippen LogP contribution in [0.3, 0.4) is 0 Å². The largest absolute Gasteiger partial charge is 0.481 e. The number of fused-ring (bicyclic) bond motifs is 1. The van der Waals surface area contributed by atoms with Crippen molar-refractivity contribution in [2.75, 3.05) is 42.5 Å². The Hall–Kier alpha value is -3.77. The van der Waals surface area contributed by atoms with Crippen molar-refractivity contribution in [3.8, 4) is 0 Å². The molecule has 4 heterocycles. The van der Waals surface area contributed by atoms with Crippen LogP contribution in [0.2, 0.25) is 0 Å². The molecule has 46 heavy (non-hydrogen) atoms. The number of nitrogens with zero attached hydrogens (tertiary/aromatic N) is 5. The van der Waals surface area contributed by atoms with Crippen molar-refractivity contribution in [2.45, 2.75) is 64.7 Å². The van der Waals surface area contributed by atoms with E-state index in [1.807, 2.05) is 34.9 Å². The molecule has 0 radical (unpaired) electrons. The van der Waals surface area contributed by atoms with Crippen LogP contribution >= 0.6 is 24.0 Å². The number of benzene rings is 1. The number of aromatic nitrogens is 2. The van der Waals surface area contributed by atoms with E-state index in [0.29, 0.717) is 64.7 Å². The number of anilines is 2. The van der Waals surface area contributed by atoms with Crippen molar-refractivity contribution < 1.29 is 19.1 Å². The van der Waals surface area contributed by atoms with Gasteiger partial charge in [-0.25, -0.2) is 9.37 Å². The van der Waals surface area contributed by atoms with Gasteiger partial charge in [-0.15, -0.1) is 0 Å². The van der Waals surface area contributed by atoms with Crippen molar-refractivity contribution in [1.82, 2.24) is 14.3 Å². The van der Waals surface area contributed by atoms with Crippen molar-refractivity contribution in [3.05, 3.63) is 74.8 Å². The summed E-state index contributed by atoms with van der Waals surface area (Å²) in [7, 11) is 0. The lowest BCUT2D eigenvalue weighted by Crippen LogP contribution is -2.47. The number of pyridine rings is 1. The van der Waals surface area contributed by atoms with Gasteiger partial charge in [0.1, 0.15) is 21.6 Å². The normalized spacial score (nSPS) is 16.3. The number of carboxylic acids is 1. The molecule has 1 N–H and O–H groups in total. The molecule has 0 unspecified atom stereocenters. The standard InChI is InChI=1S/C34H40FN5O4S2/c1-24-15-16-29-36-31(38-20-18-37(19-21-38)27-13-10-9-12-26(27)35)25(32(43)40(29)23-24)22-28-33(44)39(34(45)46-28)17-11-7-5-3-2-4-6-8-14-30(41)42/h9-10,12-13,15-16,22-23H,2-8,11,14,17-21H2,1H3,(H,41,42)/b28-22+. The van der Waals surface area contributed by atoms with Crippen molar-refractivity contribution >= 4 is 63.4 Å². The van der Waals surface area contributed by atoms with Gasteiger partial charge in [-0.3, -0.25) is 23.7 Å². The average Bonchev–Trinajstić information content (AvgIpc) is 3.31. The minimum atomic E-state index is -0.737. The lowest BCUT2D eigenvalue weighted by atomic mass is 10.1. The highest BCUT2D eigenvalue weighted by Crippen LogP contribution is 2.34. The van der Waals surface area contributed by atoms with Gasteiger partial charge in [0.15, 0.2) is 0 Å². The summed E-state index contributed by atoms with van der Waals surface area (Å²) in [5.41, 5.74) is 2.08. The summed E-state index contributed by atoms with van der Waals surface area (Å²) in [4.78, 5) is 49.0. The number of unbranched alkanes of at least 4 members (excludes halogenated alkanes) is 7. The number of piperazine rings is 1. The number of para-hydroxylation sites is 1. The number of hydrogen-bond donors (Lipinski definition) is 1. The fourth-order valence-electron chi connectivity index (χ4n) is 5.91. The topological polar surface area (TPSA) is 98.5 Å². The van der Waals surface area contributed by atoms with Crippen LogP contribution in [0.4, 0.5) is 15.9 Å². The molecule has 0 aliphatic carbocycles. The van der Waals surface area contributed by atoms with Gasteiger partial charge >= 0.3 is 5.97 Å². The summed E-state index contributed by atoms with van der Waals surface area (Å²) < 4.78 is 16.5. The first-order valence-electron chi connectivity index (χ1n) is 16.0. The lowest BCUT2D eigenvalue weighted by Gasteiger charge is -2.37. The molecule has 2 saturated heterocycles. The molecule has 2 aliphatic rings. The number of hydrogen-bond acceptors (Lipinski definition) is 8. The van der Waals surface area contributed by atoms with E-state index in [9.17, 15) is 18.8 Å². The quantitative estimate of drug-likeness (QED) is 0.122. The molecule has 1 aromatic carbocycles. The van der Waals surface area contributed by atoms with E-state index in [1.165, 1.54) is 22.2 Å². The zero-order valence-corrected chi connectivity index (χ0v) is 27.8. The van der Waals surface area contributed by atoms with Crippen LogP contribution < -0.4 is 15.4 Å². The van der Waals surface area contributed by atoms with Gasteiger partial charge < -0.3 is 14.9 Å². The molecule has 12 heteroatoms. The molecular weight excluding hydrogens is 626 g/mol. The zero-order valence-electron chi connectivity index (χ0n) is 26.1. The Morgan fingerprint density at radius 3 is 2.30 bits per heavy atom. The van der Waals surface area contributed by atoms with Gasteiger partial charge in [-0.05, 0) is 49.6 Å². The van der Waals surface area contributed by atoms with Crippen molar-refractivity contribution in [3.63, 3.8) is 0 Å². The van der Waals surface area contributed by atoms with E-state index < -0.39 is 5.97 Å². The monoisotopic (exact) mass is 665 g/mol. The first-order valence-corrected chi connectivity index (χ1v) is 17.2. The SMILES string of the molecule is Cc1ccc2nc(N3CCN(c4ccccc4F)CC3)c(/C=C3/SC(=S)N(CCCCCCCCCCC(=O)O)C3=O)c(=O)n2c1. The van der Waals surface area contributed by atoms with E-state index in [0.717, 1.165) is 56.9 Å². The average molecular weight is 666 g/mol. The second kappa shape index (κ2) is 15.7. The fraction of sp³-hybridized carbons (Fsp3) is 0.441. The minimum Gasteiger partial charge on any atom is -0.481 e. The maximum Gasteiger partial charge on any atom is 0.303 e. The molecule has 1 amide bonds. The summed E-state index contributed by atoms with van der Waals surface area (Å²) in [5, 5.41) is 8.73. The van der Waals surface area contributed by atoms with Crippen molar-refractivity contribution in [1.29, 1.82) is 0 Å². The van der Waals surface area contributed by atoms with Gasteiger partial charge in [-0.1, -0.05) is 80.7 Å². The van der Waals surface area contributed by atoms with Crippen LogP contribution in [0.5, 0.6) is 0 Å². The Kier molecular flexibility index (Phi) is 11.5. The van der Waals surface area contributed by atoms with Crippen molar-refractivity contribution in [2.24, 2.45) is 0 Å². The summed E-state index contributed by atoms with van der Waals surface area (Å²) in [6.07, 6.45) is 11.4. The highest BCUT2D eigenvalue weighted by atomic mass is 32.2. The number of aliphatic carboxylic acids is 1. The molecule has 2 aliphatic heterocycles. The van der Waals surface area contributed by atoms with Crippen LogP contribution in [0.1, 0.15) is 68.9 Å². The van der Waals surface area contributed by atoms with Crippen LogP contribution in [0.25, 0.3) is 11.7 Å². The number of carboxylic acid groups (broad SMARTS) is 1. The molecule has 2 fully saturated rings. The molecule has 9 nitrogen and oxygen atoms in total. The maximum atomic E-state index is 14.5. The Balaban J connectivity index is 1.26. The lowest BCUT2D eigenvalue weighted by molar-refractivity contribution is -0.137. The van der Waals surface area contributed by atoms with Gasteiger partial charge in [0.25, 0.3) is 11.5 Å². The number of thiocarbonyl (C=S) groups is 1. The molecule has 0 saturated carbocycles. The van der Waals surface area contributed by atoms with E-state index in [2.05, 4.69) is 0 Å². The Bertz CT molecular complexity index is 1690. The highest BCUT2D eigenvalue weighted by molar-refractivity contribution is 8.26. The number of amides is 1. The van der Waals surface area contributed by atoms with E-state index in [-0.39, 0.29) is 23.7 Å². The van der Waals surface area contributed by atoms with Crippen LogP contribution in [-0.2, 0) is 9.59 Å². The van der Waals surface area contributed by atoms with Crippen LogP contribution in [0, 0.1) is 12.7 Å². The number of thioether (sulfide) groups is 1. The predicted octanol–water partition coefficient (Wildman–Crippen LogP) is 6.27. The molecular formula is C34H40FN5O4S2. The predicted molar refractivity (Wildman–Crippen MR) is 186 cm³/mol. The van der Waals surface area contributed by atoms with Gasteiger partial charge in [-0.2, -0.15) is 0 Å². The van der Waals surface area contributed by atoms with Crippen LogP contribution in [-0.4, -0.2) is 68.3 Å². The number of carbonyl (C=O) groups excluding carboxylic acids is 1. The third-order valence-corrected chi connectivity index (χ3v) is 9.81. The minimum absolute atomic E-state index is 0.197. The molecule has 5 rings (SSSR count). The molecule has 3 aromatic rings. The van der Waals surface area contributed by atoms with Gasteiger partial charge in [0, 0.05) is 45.3 Å². The second-order valence-electron chi connectivity index (χ2n) is 11.8.